The first-order chi connectivity index (χ1) is 11.9. The molecule has 0 saturated heterocycles. The van der Waals surface area contributed by atoms with Crippen LogP contribution in [0.25, 0.3) is 0 Å². The fraction of sp³-hybridized carbons (Fsp3) is 0.667. The third-order valence-corrected chi connectivity index (χ3v) is 3.21. The summed E-state index contributed by atoms with van der Waals surface area (Å²) in [6, 6.07) is -3.25. The Bertz CT molecular complexity index is 549. The number of primary amides is 1. The Hall–Kier alpha value is -2.69. The molecule has 0 fully saturated rings. The normalized spacial score (nSPS) is 14.0. The number of rotatable bonds is 11. The SMILES string of the molecule is CC(C)CC(NC(=O)C(CC(N)=O)NC(=O)C(C)N)C(=O)NCC(=O)O. The summed E-state index contributed by atoms with van der Waals surface area (Å²) >= 11 is 0. The summed E-state index contributed by atoms with van der Waals surface area (Å²) in [4.78, 5) is 57.9. The zero-order valence-electron chi connectivity index (χ0n) is 15.1. The van der Waals surface area contributed by atoms with E-state index in [1.165, 1.54) is 6.92 Å². The van der Waals surface area contributed by atoms with Gasteiger partial charge in [-0.15, -0.1) is 0 Å². The fourth-order valence-corrected chi connectivity index (χ4v) is 1.97. The molecule has 148 valence electrons. The average molecular weight is 373 g/mol. The largest absolute Gasteiger partial charge is 0.480 e. The number of carbonyl (C=O) groups is 5. The third kappa shape index (κ3) is 9.57. The number of hydrogen-bond donors (Lipinski definition) is 6. The van der Waals surface area contributed by atoms with Gasteiger partial charge in [-0.05, 0) is 19.3 Å². The van der Waals surface area contributed by atoms with E-state index in [-0.39, 0.29) is 12.3 Å². The van der Waals surface area contributed by atoms with E-state index in [0.29, 0.717) is 0 Å². The topological polar surface area (TPSA) is 194 Å². The Morgan fingerprint density at radius 1 is 0.923 bits per heavy atom. The van der Waals surface area contributed by atoms with Gasteiger partial charge in [0.05, 0.1) is 12.5 Å². The van der Waals surface area contributed by atoms with Crippen LogP contribution in [-0.4, -0.2) is 59.4 Å². The van der Waals surface area contributed by atoms with Gasteiger partial charge in [0.2, 0.25) is 23.6 Å². The molecule has 4 amide bonds. The summed E-state index contributed by atoms with van der Waals surface area (Å²) in [5.41, 5.74) is 10.5. The molecular weight excluding hydrogens is 346 g/mol. The van der Waals surface area contributed by atoms with Gasteiger partial charge in [0.15, 0.2) is 0 Å². The van der Waals surface area contributed by atoms with E-state index in [1.54, 1.807) is 0 Å². The lowest BCUT2D eigenvalue weighted by atomic mass is 10.0. The van der Waals surface area contributed by atoms with Crippen LogP contribution in [0.5, 0.6) is 0 Å². The van der Waals surface area contributed by atoms with Crippen molar-refractivity contribution in [2.75, 3.05) is 6.54 Å². The van der Waals surface area contributed by atoms with Gasteiger partial charge >= 0.3 is 5.97 Å². The summed E-state index contributed by atoms with van der Waals surface area (Å²) in [5.74, 6) is -4.21. The summed E-state index contributed by atoms with van der Waals surface area (Å²) in [6.45, 7) is 4.41. The highest BCUT2D eigenvalue weighted by Crippen LogP contribution is 2.06. The highest BCUT2D eigenvalue weighted by atomic mass is 16.4. The number of nitrogens with two attached hydrogens (primary N) is 2. The van der Waals surface area contributed by atoms with Gasteiger partial charge in [0.25, 0.3) is 0 Å². The van der Waals surface area contributed by atoms with Crippen molar-refractivity contribution in [2.24, 2.45) is 17.4 Å². The Balaban J connectivity index is 5.17. The Morgan fingerprint density at radius 3 is 1.88 bits per heavy atom. The minimum Gasteiger partial charge on any atom is -0.480 e. The third-order valence-electron chi connectivity index (χ3n) is 3.21. The van der Waals surface area contributed by atoms with Gasteiger partial charge in [-0.25, -0.2) is 0 Å². The Morgan fingerprint density at radius 2 is 1.46 bits per heavy atom. The van der Waals surface area contributed by atoms with Crippen LogP contribution in [0.4, 0.5) is 0 Å². The summed E-state index contributed by atoms with van der Waals surface area (Å²) in [7, 11) is 0. The first kappa shape index (κ1) is 23.3. The number of carboxylic acid groups (broad SMARTS) is 1. The van der Waals surface area contributed by atoms with Crippen LogP contribution in [0.1, 0.15) is 33.6 Å². The maximum Gasteiger partial charge on any atom is 0.322 e. The molecule has 0 aromatic rings. The second-order valence-corrected chi connectivity index (χ2v) is 6.32. The highest BCUT2D eigenvalue weighted by molar-refractivity contribution is 5.95. The molecule has 0 rings (SSSR count). The van der Waals surface area contributed by atoms with E-state index in [2.05, 4.69) is 16.0 Å². The monoisotopic (exact) mass is 373 g/mol. The quantitative estimate of drug-likeness (QED) is 0.229. The minimum atomic E-state index is -1.30. The number of hydrogen-bond acceptors (Lipinski definition) is 6. The molecule has 3 atom stereocenters. The van der Waals surface area contributed by atoms with E-state index in [0.717, 1.165) is 0 Å². The number of amides is 4. The second-order valence-electron chi connectivity index (χ2n) is 6.32. The molecule has 0 aliphatic heterocycles. The zero-order chi connectivity index (χ0) is 20.4. The van der Waals surface area contributed by atoms with E-state index >= 15 is 0 Å². The van der Waals surface area contributed by atoms with Gasteiger partial charge < -0.3 is 32.5 Å². The molecule has 8 N–H and O–H groups in total. The molecule has 0 aliphatic carbocycles. The maximum absolute atomic E-state index is 12.4. The predicted molar refractivity (Wildman–Crippen MR) is 91.4 cm³/mol. The molecule has 0 aromatic carbocycles. The van der Waals surface area contributed by atoms with Crippen LogP contribution in [0.2, 0.25) is 0 Å². The summed E-state index contributed by atoms with van der Waals surface area (Å²) < 4.78 is 0. The second kappa shape index (κ2) is 11.0. The molecule has 0 saturated carbocycles. The van der Waals surface area contributed by atoms with Crippen LogP contribution >= 0.6 is 0 Å². The highest BCUT2D eigenvalue weighted by Gasteiger charge is 2.29. The van der Waals surface area contributed by atoms with Crippen molar-refractivity contribution in [2.45, 2.75) is 51.7 Å². The number of carboxylic acids is 1. The minimum absolute atomic E-state index is 0.00382. The van der Waals surface area contributed by atoms with Gasteiger partial charge in [-0.2, -0.15) is 0 Å². The summed E-state index contributed by atoms with van der Waals surface area (Å²) in [6.07, 6.45) is -0.253. The van der Waals surface area contributed by atoms with Crippen molar-refractivity contribution in [1.29, 1.82) is 0 Å². The number of nitrogens with one attached hydrogen (secondary N) is 3. The lowest BCUT2D eigenvalue weighted by Gasteiger charge is -2.24. The molecule has 11 heteroatoms. The zero-order valence-corrected chi connectivity index (χ0v) is 15.1. The lowest BCUT2D eigenvalue weighted by molar-refractivity contribution is -0.139. The lowest BCUT2D eigenvalue weighted by Crippen LogP contribution is -2.56. The van der Waals surface area contributed by atoms with Crippen LogP contribution in [0.15, 0.2) is 0 Å². The van der Waals surface area contributed by atoms with Crippen molar-refractivity contribution in [3.63, 3.8) is 0 Å². The van der Waals surface area contributed by atoms with Gasteiger partial charge in [-0.3, -0.25) is 24.0 Å². The van der Waals surface area contributed by atoms with Gasteiger partial charge in [0.1, 0.15) is 18.6 Å². The summed E-state index contributed by atoms with van der Waals surface area (Å²) in [5, 5.41) is 15.5. The molecular formula is C15H27N5O6. The molecule has 0 spiro atoms. The molecule has 0 aliphatic rings. The first-order valence-corrected chi connectivity index (χ1v) is 8.08. The molecule has 3 unspecified atom stereocenters. The Kier molecular flexibility index (Phi) is 9.89. The predicted octanol–water partition coefficient (Wildman–Crippen LogP) is -2.57. The smallest absolute Gasteiger partial charge is 0.322 e. The van der Waals surface area contributed by atoms with Crippen molar-refractivity contribution < 1.29 is 29.1 Å². The van der Waals surface area contributed by atoms with Crippen molar-refractivity contribution >= 4 is 29.6 Å². The van der Waals surface area contributed by atoms with Crippen LogP contribution in [0, 0.1) is 5.92 Å². The maximum atomic E-state index is 12.4. The van der Waals surface area contributed by atoms with Crippen molar-refractivity contribution in [3.05, 3.63) is 0 Å². The first-order valence-electron chi connectivity index (χ1n) is 8.08. The van der Waals surface area contributed by atoms with E-state index < -0.39 is 60.7 Å². The standard InChI is InChI=1S/C15H27N5O6/c1-7(2)4-9(14(25)18-6-12(22)23)20-15(26)10(5-11(17)21)19-13(24)8(3)16/h7-10H,4-6,16H2,1-3H3,(H2,17,21)(H,18,25)(H,19,24)(H,20,26)(H,22,23). The Labute approximate surface area is 151 Å². The molecule has 0 bridgehead atoms. The van der Waals surface area contributed by atoms with E-state index in [1.807, 2.05) is 13.8 Å². The molecule has 26 heavy (non-hydrogen) atoms. The van der Waals surface area contributed by atoms with Gasteiger partial charge in [-0.1, -0.05) is 13.8 Å². The molecule has 0 heterocycles. The fourth-order valence-electron chi connectivity index (χ4n) is 1.97. The number of carbonyl (C=O) groups excluding carboxylic acids is 4. The van der Waals surface area contributed by atoms with E-state index in [9.17, 15) is 24.0 Å². The van der Waals surface area contributed by atoms with Crippen molar-refractivity contribution in [3.8, 4) is 0 Å². The van der Waals surface area contributed by atoms with Crippen LogP contribution in [0.3, 0.4) is 0 Å². The average Bonchev–Trinajstić information content (AvgIpc) is 2.49. The number of aliphatic carboxylic acids is 1. The van der Waals surface area contributed by atoms with Crippen LogP contribution in [-0.2, 0) is 24.0 Å². The molecule has 0 radical (unpaired) electrons. The van der Waals surface area contributed by atoms with Gasteiger partial charge in [0, 0.05) is 0 Å². The molecule has 0 aromatic heterocycles. The van der Waals surface area contributed by atoms with Crippen molar-refractivity contribution in [1.82, 2.24) is 16.0 Å². The van der Waals surface area contributed by atoms with Crippen LogP contribution < -0.4 is 27.4 Å². The van der Waals surface area contributed by atoms with E-state index in [4.69, 9.17) is 16.6 Å². The molecule has 11 nitrogen and oxygen atoms in total.